The van der Waals surface area contributed by atoms with Crippen molar-refractivity contribution in [3.63, 3.8) is 0 Å². The van der Waals surface area contributed by atoms with Crippen LogP contribution in [0.25, 0.3) is 0 Å². The number of halogens is 2. The van der Waals surface area contributed by atoms with Crippen LogP contribution in [0.1, 0.15) is 11.1 Å². The molecule has 0 fully saturated rings. The predicted octanol–water partition coefficient (Wildman–Crippen LogP) is 1.86. The SMILES string of the molecule is COc1ccc(Cn2c(NCCN3CCN=C3N)nc(=O)n(Cc3cc(Cl)cc(Cl)c3)c2=O)cc1. The van der Waals surface area contributed by atoms with Crippen molar-refractivity contribution in [1.82, 2.24) is 19.0 Å². The first-order chi connectivity index (χ1) is 16.8. The van der Waals surface area contributed by atoms with Crippen LogP contribution in [-0.2, 0) is 13.1 Å². The molecule has 0 amide bonds. The third kappa shape index (κ3) is 5.95. The third-order valence-electron chi connectivity index (χ3n) is 5.55. The van der Waals surface area contributed by atoms with Gasteiger partial charge >= 0.3 is 11.4 Å². The maximum absolute atomic E-state index is 13.5. The minimum atomic E-state index is -0.679. The number of ether oxygens (including phenoxy) is 1. The van der Waals surface area contributed by atoms with Gasteiger partial charge in [0.05, 0.1) is 26.7 Å². The molecule has 0 spiro atoms. The van der Waals surface area contributed by atoms with Gasteiger partial charge in [0.15, 0.2) is 5.96 Å². The summed E-state index contributed by atoms with van der Waals surface area (Å²) in [5.41, 5.74) is 6.13. The molecule has 0 aliphatic carbocycles. The Morgan fingerprint density at radius 3 is 2.34 bits per heavy atom. The highest BCUT2D eigenvalue weighted by atomic mass is 35.5. The Balaban J connectivity index is 1.66. The normalized spacial score (nSPS) is 13.1. The van der Waals surface area contributed by atoms with E-state index in [0.717, 1.165) is 16.7 Å². The minimum absolute atomic E-state index is 0.0192. The number of hydrogen-bond donors (Lipinski definition) is 2. The fourth-order valence-electron chi connectivity index (χ4n) is 3.77. The third-order valence-corrected chi connectivity index (χ3v) is 5.98. The van der Waals surface area contributed by atoms with Gasteiger partial charge in [0, 0.05) is 29.7 Å². The summed E-state index contributed by atoms with van der Waals surface area (Å²) < 4.78 is 7.70. The molecule has 0 saturated heterocycles. The van der Waals surface area contributed by atoms with Crippen molar-refractivity contribution in [3.05, 3.63) is 84.6 Å². The van der Waals surface area contributed by atoms with E-state index in [4.69, 9.17) is 33.7 Å². The Kier molecular flexibility index (Phi) is 7.62. The van der Waals surface area contributed by atoms with Crippen molar-refractivity contribution in [2.45, 2.75) is 13.1 Å². The Morgan fingerprint density at radius 2 is 1.71 bits per heavy atom. The van der Waals surface area contributed by atoms with Crippen LogP contribution < -0.4 is 27.2 Å². The zero-order chi connectivity index (χ0) is 24.9. The molecular formula is C23H25Cl2N7O3. The lowest BCUT2D eigenvalue weighted by molar-refractivity contribution is 0.414. The maximum Gasteiger partial charge on any atom is 0.355 e. The number of rotatable bonds is 9. The first-order valence-corrected chi connectivity index (χ1v) is 11.7. The van der Waals surface area contributed by atoms with E-state index < -0.39 is 11.4 Å². The number of anilines is 1. The summed E-state index contributed by atoms with van der Waals surface area (Å²) in [7, 11) is 1.58. The van der Waals surface area contributed by atoms with Crippen LogP contribution in [0.2, 0.25) is 10.0 Å². The topological polar surface area (TPSA) is 120 Å². The first-order valence-electron chi connectivity index (χ1n) is 10.9. The zero-order valence-corrected chi connectivity index (χ0v) is 20.6. The summed E-state index contributed by atoms with van der Waals surface area (Å²) in [6, 6.07) is 12.2. The van der Waals surface area contributed by atoms with E-state index in [2.05, 4.69) is 15.3 Å². The van der Waals surface area contributed by atoms with E-state index in [1.807, 2.05) is 17.0 Å². The second-order valence-corrected chi connectivity index (χ2v) is 8.83. The van der Waals surface area contributed by atoms with Crippen LogP contribution in [0.15, 0.2) is 57.0 Å². The van der Waals surface area contributed by atoms with Crippen molar-refractivity contribution in [2.24, 2.45) is 10.7 Å². The fourth-order valence-corrected chi connectivity index (χ4v) is 4.34. The van der Waals surface area contributed by atoms with E-state index in [1.54, 1.807) is 37.4 Å². The first kappa shape index (κ1) is 24.6. The van der Waals surface area contributed by atoms with Crippen LogP contribution in [0, 0.1) is 0 Å². The number of methoxy groups -OCH3 is 1. The number of hydrogen-bond acceptors (Lipinski definition) is 8. The molecule has 0 unspecified atom stereocenters. The van der Waals surface area contributed by atoms with Gasteiger partial charge in [0.2, 0.25) is 5.95 Å². The second kappa shape index (κ2) is 10.8. The molecule has 1 aromatic heterocycles. The van der Waals surface area contributed by atoms with Gasteiger partial charge < -0.3 is 20.7 Å². The molecule has 0 radical (unpaired) electrons. The molecule has 12 heteroatoms. The number of nitrogens with two attached hydrogens (primary N) is 1. The molecule has 0 saturated carbocycles. The van der Waals surface area contributed by atoms with Crippen LogP contribution >= 0.6 is 23.2 Å². The molecule has 1 aliphatic heterocycles. The molecule has 1 aliphatic rings. The van der Waals surface area contributed by atoms with Gasteiger partial charge in [-0.05, 0) is 41.5 Å². The summed E-state index contributed by atoms with van der Waals surface area (Å²) >= 11 is 12.2. The van der Waals surface area contributed by atoms with E-state index in [-0.39, 0.29) is 19.0 Å². The molecule has 2 heterocycles. The molecule has 35 heavy (non-hydrogen) atoms. The van der Waals surface area contributed by atoms with Gasteiger partial charge in [0.1, 0.15) is 5.75 Å². The lowest BCUT2D eigenvalue weighted by Gasteiger charge is -2.19. The average Bonchev–Trinajstić information content (AvgIpc) is 3.23. The molecule has 3 aromatic rings. The van der Waals surface area contributed by atoms with E-state index >= 15 is 0 Å². The van der Waals surface area contributed by atoms with Gasteiger partial charge in [-0.25, -0.2) is 14.2 Å². The summed E-state index contributed by atoms with van der Waals surface area (Å²) in [4.78, 5) is 36.6. The lowest BCUT2D eigenvalue weighted by Crippen LogP contribution is -2.44. The number of aliphatic imine (C=N–C) groups is 1. The molecule has 10 nitrogen and oxygen atoms in total. The van der Waals surface area contributed by atoms with E-state index in [9.17, 15) is 9.59 Å². The summed E-state index contributed by atoms with van der Waals surface area (Å²) in [5, 5.41) is 3.94. The van der Waals surface area contributed by atoms with Gasteiger partial charge in [-0.3, -0.25) is 9.56 Å². The number of guanidine groups is 1. The highest BCUT2D eigenvalue weighted by molar-refractivity contribution is 6.34. The van der Waals surface area contributed by atoms with Crippen LogP contribution in [0.5, 0.6) is 5.75 Å². The van der Waals surface area contributed by atoms with Crippen LogP contribution in [-0.4, -0.2) is 58.3 Å². The van der Waals surface area contributed by atoms with Crippen LogP contribution in [0.3, 0.4) is 0 Å². The maximum atomic E-state index is 13.5. The zero-order valence-electron chi connectivity index (χ0n) is 19.1. The molecule has 0 atom stereocenters. The summed E-state index contributed by atoms with van der Waals surface area (Å²) in [5.74, 6) is 1.35. The highest BCUT2D eigenvalue weighted by Crippen LogP contribution is 2.19. The second-order valence-electron chi connectivity index (χ2n) is 7.95. The molecule has 0 bridgehead atoms. The van der Waals surface area contributed by atoms with Crippen molar-refractivity contribution in [2.75, 3.05) is 38.6 Å². The van der Waals surface area contributed by atoms with Gasteiger partial charge in [0.25, 0.3) is 0 Å². The van der Waals surface area contributed by atoms with Gasteiger partial charge in [-0.1, -0.05) is 35.3 Å². The lowest BCUT2D eigenvalue weighted by atomic mass is 10.2. The van der Waals surface area contributed by atoms with Crippen molar-refractivity contribution < 1.29 is 4.74 Å². The monoisotopic (exact) mass is 517 g/mol. The van der Waals surface area contributed by atoms with E-state index in [0.29, 0.717) is 47.0 Å². The average molecular weight is 518 g/mol. The molecule has 3 N–H and O–H groups in total. The summed E-state index contributed by atoms with van der Waals surface area (Å²) in [6.07, 6.45) is 0. The van der Waals surface area contributed by atoms with E-state index in [1.165, 1.54) is 4.57 Å². The Hall–Kier alpha value is -3.50. The minimum Gasteiger partial charge on any atom is -0.497 e. The van der Waals surface area contributed by atoms with Crippen molar-refractivity contribution >= 4 is 35.1 Å². The van der Waals surface area contributed by atoms with Crippen molar-refractivity contribution in [1.29, 1.82) is 0 Å². The number of aromatic nitrogens is 3. The van der Waals surface area contributed by atoms with Crippen molar-refractivity contribution in [3.8, 4) is 5.75 Å². The molecule has 2 aromatic carbocycles. The largest absolute Gasteiger partial charge is 0.497 e. The number of benzene rings is 2. The number of nitrogens with one attached hydrogen (secondary N) is 1. The van der Waals surface area contributed by atoms with Gasteiger partial charge in [-0.15, -0.1) is 0 Å². The van der Waals surface area contributed by atoms with Gasteiger partial charge in [-0.2, -0.15) is 4.98 Å². The highest BCUT2D eigenvalue weighted by Gasteiger charge is 2.17. The fraction of sp³-hybridized carbons (Fsp3) is 0.304. The summed E-state index contributed by atoms with van der Waals surface area (Å²) in [6.45, 7) is 2.52. The predicted molar refractivity (Wildman–Crippen MR) is 137 cm³/mol. The standard InChI is InChI=1S/C23H25Cl2N7O3/c1-35-19-4-2-15(3-5-19)13-31-21(28-7-9-30-8-6-27-20(30)26)29-22(33)32(23(31)34)14-16-10-17(24)12-18(25)11-16/h2-5,10-12H,6-9,13-14H2,1H3,(H2,26,27)(H,28,29,33). The smallest absolute Gasteiger partial charge is 0.355 e. The Bertz CT molecular complexity index is 1330. The quantitative estimate of drug-likeness (QED) is 0.444. The Morgan fingerprint density at radius 1 is 1.03 bits per heavy atom. The van der Waals surface area contributed by atoms with Crippen LogP contribution in [0.4, 0.5) is 5.95 Å². The molecule has 4 rings (SSSR count). The Labute approximate surface area is 211 Å². The number of nitrogens with zero attached hydrogens (tertiary/aromatic N) is 5. The molecular weight excluding hydrogens is 493 g/mol. The molecule has 184 valence electrons.